The molecule has 3 aromatic heterocycles. The summed E-state index contributed by atoms with van der Waals surface area (Å²) in [6, 6.07) is 3.98. The van der Waals surface area contributed by atoms with E-state index < -0.39 is 6.16 Å². The number of carbonyl (C=O) groups excluding carboxylic acids is 1. The summed E-state index contributed by atoms with van der Waals surface area (Å²) in [6.07, 6.45) is 0.569. The molecule has 0 aliphatic carbocycles. The summed E-state index contributed by atoms with van der Waals surface area (Å²) in [4.78, 5) is 27.9. The van der Waals surface area contributed by atoms with E-state index >= 15 is 0 Å². The summed E-state index contributed by atoms with van der Waals surface area (Å²) in [5.41, 5.74) is 4.24. The Morgan fingerprint density at radius 1 is 1.10 bits per heavy atom. The van der Waals surface area contributed by atoms with Crippen LogP contribution in [0.4, 0.5) is 4.79 Å². The monoisotopic (exact) mass is 396 g/mol. The van der Waals surface area contributed by atoms with Gasteiger partial charge in [-0.3, -0.25) is 0 Å². The van der Waals surface area contributed by atoms with E-state index in [9.17, 15) is 4.79 Å². The molecule has 8 heteroatoms. The number of ether oxygens (including phenoxy) is 3. The van der Waals surface area contributed by atoms with Gasteiger partial charge in [0.2, 0.25) is 5.88 Å². The van der Waals surface area contributed by atoms with Crippen molar-refractivity contribution >= 4 is 39.0 Å². The van der Waals surface area contributed by atoms with Gasteiger partial charge in [-0.15, -0.1) is 0 Å². The molecule has 8 nitrogen and oxygen atoms in total. The van der Waals surface area contributed by atoms with Gasteiger partial charge in [0.15, 0.2) is 0 Å². The molecule has 0 aliphatic heterocycles. The van der Waals surface area contributed by atoms with E-state index in [0.717, 1.165) is 38.7 Å². The van der Waals surface area contributed by atoms with E-state index in [1.54, 1.807) is 27.2 Å². The van der Waals surface area contributed by atoms with E-state index in [-0.39, 0.29) is 24.5 Å². The number of rotatable bonds is 5. The molecule has 0 saturated heterocycles. The van der Waals surface area contributed by atoms with Crippen LogP contribution in [0.15, 0.2) is 18.3 Å². The number of aromatic nitrogens is 4. The first-order valence-corrected chi connectivity index (χ1v) is 9.58. The second-order valence-corrected chi connectivity index (χ2v) is 7.57. The minimum Gasteiger partial charge on any atom is -0.431 e. The highest BCUT2D eigenvalue weighted by molar-refractivity contribution is 6.19. The number of aromatic amines is 2. The first-order valence-electron chi connectivity index (χ1n) is 9.58. The van der Waals surface area contributed by atoms with Crippen molar-refractivity contribution in [2.45, 2.75) is 46.3 Å². The number of pyridine rings is 1. The van der Waals surface area contributed by atoms with Gasteiger partial charge in [0.1, 0.15) is 5.82 Å². The Hall–Kier alpha value is -3.13. The Balaban J connectivity index is 1.97. The lowest BCUT2D eigenvalue weighted by molar-refractivity contribution is 0.0705. The molecule has 0 atom stereocenters. The van der Waals surface area contributed by atoms with Crippen LogP contribution in [-0.2, 0) is 16.1 Å². The van der Waals surface area contributed by atoms with Crippen molar-refractivity contribution < 1.29 is 19.0 Å². The molecule has 0 fully saturated rings. The SMILES string of the molecule is COCc1c(OC(=O)OC(C)C)ncc2[nH]c3ccc4nc(C(C)C)[nH]c4c3c12. The third-order valence-electron chi connectivity index (χ3n) is 4.68. The molecule has 4 rings (SSSR count). The van der Waals surface area contributed by atoms with Gasteiger partial charge in [0.05, 0.1) is 41.0 Å². The lowest BCUT2D eigenvalue weighted by Gasteiger charge is -2.11. The van der Waals surface area contributed by atoms with E-state index in [4.69, 9.17) is 19.2 Å². The number of methoxy groups -OCH3 is 1. The maximum Gasteiger partial charge on any atom is 0.515 e. The Morgan fingerprint density at radius 3 is 2.59 bits per heavy atom. The largest absolute Gasteiger partial charge is 0.515 e. The summed E-state index contributed by atoms with van der Waals surface area (Å²) < 4.78 is 15.9. The number of hydrogen-bond acceptors (Lipinski definition) is 6. The van der Waals surface area contributed by atoms with Crippen molar-refractivity contribution in [3.8, 4) is 5.88 Å². The van der Waals surface area contributed by atoms with Crippen LogP contribution in [0.5, 0.6) is 5.88 Å². The van der Waals surface area contributed by atoms with Gasteiger partial charge in [-0.1, -0.05) is 13.8 Å². The third-order valence-corrected chi connectivity index (χ3v) is 4.68. The number of imidazole rings is 1. The normalized spacial score (nSPS) is 12.0. The molecule has 29 heavy (non-hydrogen) atoms. The molecule has 0 radical (unpaired) electrons. The highest BCUT2D eigenvalue weighted by Gasteiger charge is 2.21. The number of benzene rings is 1. The van der Waals surface area contributed by atoms with Gasteiger partial charge >= 0.3 is 6.16 Å². The van der Waals surface area contributed by atoms with Gasteiger partial charge in [-0.25, -0.2) is 14.8 Å². The van der Waals surface area contributed by atoms with Crippen LogP contribution in [-0.4, -0.2) is 39.3 Å². The maximum absolute atomic E-state index is 12.1. The first kappa shape index (κ1) is 19.2. The second-order valence-electron chi connectivity index (χ2n) is 7.57. The maximum atomic E-state index is 12.1. The number of hydrogen-bond donors (Lipinski definition) is 2. The van der Waals surface area contributed by atoms with E-state index in [2.05, 4.69) is 28.8 Å². The Morgan fingerprint density at radius 2 is 1.90 bits per heavy atom. The number of nitrogens with zero attached hydrogens (tertiary/aromatic N) is 2. The lowest BCUT2D eigenvalue weighted by atomic mass is 10.1. The van der Waals surface area contributed by atoms with Crippen LogP contribution in [0.25, 0.3) is 32.8 Å². The first-order chi connectivity index (χ1) is 13.9. The summed E-state index contributed by atoms with van der Waals surface area (Å²) in [6.45, 7) is 7.93. The molecule has 0 saturated carbocycles. The predicted octanol–water partition coefficient (Wildman–Crippen LogP) is 4.79. The minimum atomic E-state index is -0.794. The highest BCUT2D eigenvalue weighted by atomic mass is 16.7. The number of carbonyl (C=O) groups is 1. The molecular formula is C21H24N4O4. The zero-order chi connectivity index (χ0) is 20.7. The Bertz CT molecular complexity index is 1210. The summed E-state index contributed by atoms with van der Waals surface area (Å²) in [5.74, 6) is 1.36. The fraction of sp³-hybridized carbons (Fsp3) is 0.381. The highest BCUT2D eigenvalue weighted by Crippen LogP contribution is 2.37. The summed E-state index contributed by atoms with van der Waals surface area (Å²) in [7, 11) is 1.59. The molecule has 0 spiro atoms. The van der Waals surface area contributed by atoms with Gasteiger partial charge in [-0.05, 0) is 26.0 Å². The van der Waals surface area contributed by atoms with Gasteiger partial charge in [-0.2, -0.15) is 0 Å². The zero-order valence-electron chi connectivity index (χ0n) is 17.1. The van der Waals surface area contributed by atoms with Crippen LogP contribution in [0.2, 0.25) is 0 Å². The van der Waals surface area contributed by atoms with Crippen LogP contribution >= 0.6 is 0 Å². The number of nitrogens with one attached hydrogen (secondary N) is 2. The lowest BCUT2D eigenvalue weighted by Crippen LogP contribution is -2.17. The molecule has 3 heterocycles. The van der Waals surface area contributed by atoms with Crippen LogP contribution in [0.1, 0.15) is 45.0 Å². The van der Waals surface area contributed by atoms with Crippen molar-refractivity contribution in [3.05, 3.63) is 29.7 Å². The van der Waals surface area contributed by atoms with Crippen molar-refractivity contribution in [2.24, 2.45) is 0 Å². The van der Waals surface area contributed by atoms with Gasteiger partial charge in [0, 0.05) is 29.3 Å². The molecule has 0 unspecified atom stereocenters. The fourth-order valence-corrected chi connectivity index (χ4v) is 3.46. The molecule has 0 aliphatic rings. The Labute approximate surface area is 167 Å². The fourth-order valence-electron chi connectivity index (χ4n) is 3.46. The average Bonchev–Trinajstić information content (AvgIpc) is 3.23. The number of fused-ring (bicyclic) bond motifs is 5. The van der Waals surface area contributed by atoms with Gasteiger partial charge in [0.25, 0.3) is 0 Å². The van der Waals surface area contributed by atoms with Crippen molar-refractivity contribution in [2.75, 3.05) is 7.11 Å². The number of H-pyrrole nitrogens is 2. The Kier molecular flexibility index (Phi) is 4.87. The van der Waals surface area contributed by atoms with E-state index in [1.165, 1.54) is 0 Å². The molecule has 0 amide bonds. The van der Waals surface area contributed by atoms with Crippen LogP contribution in [0.3, 0.4) is 0 Å². The van der Waals surface area contributed by atoms with E-state index in [0.29, 0.717) is 5.56 Å². The standard InChI is InChI=1S/C21H24N4O4/c1-10(2)19-24-14-7-6-13-17(18(14)25-19)16-12(9-27-5)20(22-8-15(16)23-13)29-21(26)28-11(3)4/h6-8,10-11,23H,9H2,1-5H3,(H,24,25). The van der Waals surface area contributed by atoms with Gasteiger partial charge < -0.3 is 24.2 Å². The van der Waals surface area contributed by atoms with Crippen LogP contribution in [0, 0.1) is 0 Å². The van der Waals surface area contributed by atoms with Crippen molar-refractivity contribution in [1.82, 2.24) is 19.9 Å². The molecule has 152 valence electrons. The smallest absolute Gasteiger partial charge is 0.431 e. The molecule has 4 aromatic rings. The topological polar surface area (TPSA) is 102 Å². The molecule has 1 aromatic carbocycles. The molecule has 2 N–H and O–H groups in total. The van der Waals surface area contributed by atoms with Crippen LogP contribution < -0.4 is 4.74 Å². The molecule has 0 bridgehead atoms. The quantitative estimate of drug-likeness (QED) is 0.470. The van der Waals surface area contributed by atoms with E-state index in [1.807, 2.05) is 12.1 Å². The van der Waals surface area contributed by atoms with Crippen molar-refractivity contribution in [1.29, 1.82) is 0 Å². The average molecular weight is 396 g/mol. The summed E-state index contributed by atoms with van der Waals surface area (Å²) >= 11 is 0. The van der Waals surface area contributed by atoms with Crippen molar-refractivity contribution in [3.63, 3.8) is 0 Å². The summed E-state index contributed by atoms with van der Waals surface area (Å²) in [5, 5.41) is 1.85. The minimum absolute atomic E-state index is 0.173. The molecular weight excluding hydrogens is 372 g/mol. The second kappa shape index (κ2) is 7.36. The predicted molar refractivity (Wildman–Crippen MR) is 110 cm³/mol. The zero-order valence-corrected chi connectivity index (χ0v) is 17.1. The third kappa shape index (κ3) is 3.40.